The summed E-state index contributed by atoms with van der Waals surface area (Å²) in [5.74, 6) is -0.306. The van der Waals surface area contributed by atoms with Gasteiger partial charge < -0.3 is 14.6 Å². The number of hydrogen-bond acceptors (Lipinski definition) is 3. The minimum absolute atomic E-state index is 0.0719. The summed E-state index contributed by atoms with van der Waals surface area (Å²) in [6, 6.07) is 0. The number of carboxylic acids is 1. The van der Waals surface area contributed by atoms with Crippen molar-refractivity contribution in [3.63, 3.8) is 0 Å². The van der Waals surface area contributed by atoms with Crippen molar-refractivity contribution in [1.82, 2.24) is 0 Å². The zero-order valence-electron chi connectivity index (χ0n) is 14.7. The largest absolute Gasteiger partial charge is 0.495 e. The zero-order chi connectivity index (χ0) is 18.1. The molecular formula is C19H23ClO4. The van der Waals surface area contributed by atoms with E-state index in [1.807, 2.05) is 19.1 Å². The SMILES string of the molecule is COc1c2c(c(Cl)c(C)c1C(=O)O)OC(C)(CCC=C(C)C)C=C2. The number of ether oxygens (including phenoxy) is 2. The Kier molecular flexibility index (Phi) is 5.29. The van der Waals surface area contributed by atoms with E-state index in [1.54, 1.807) is 6.92 Å². The van der Waals surface area contributed by atoms with Gasteiger partial charge in [0.15, 0.2) is 0 Å². The molecule has 5 heteroatoms. The van der Waals surface area contributed by atoms with Crippen molar-refractivity contribution in [1.29, 1.82) is 0 Å². The smallest absolute Gasteiger partial charge is 0.339 e. The van der Waals surface area contributed by atoms with Gasteiger partial charge in [-0.15, -0.1) is 0 Å². The lowest BCUT2D eigenvalue weighted by atomic mass is 9.92. The average Bonchev–Trinajstić information content (AvgIpc) is 2.50. The van der Waals surface area contributed by atoms with E-state index in [9.17, 15) is 9.90 Å². The number of carboxylic acid groups (broad SMARTS) is 1. The fourth-order valence-corrected chi connectivity index (χ4v) is 3.07. The molecule has 1 aromatic rings. The van der Waals surface area contributed by atoms with E-state index in [2.05, 4.69) is 19.9 Å². The van der Waals surface area contributed by atoms with Crippen LogP contribution in [0.4, 0.5) is 0 Å². The summed E-state index contributed by atoms with van der Waals surface area (Å²) in [6.07, 6.45) is 7.64. The van der Waals surface area contributed by atoms with Crippen molar-refractivity contribution in [2.24, 2.45) is 0 Å². The van der Waals surface area contributed by atoms with E-state index < -0.39 is 11.6 Å². The predicted molar refractivity (Wildman–Crippen MR) is 96.4 cm³/mol. The van der Waals surface area contributed by atoms with Gasteiger partial charge in [0.2, 0.25) is 0 Å². The molecule has 2 rings (SSSR count). The van der Waals surface area contributed by atoms with Crippen LogP contribution in [0, 0.1) is 6.92 Å². The highest BCUT2D eigenvalue weighted by atomic mass is 35.5. The summed E-state index contributed by atoms with van der Waals surface area (Å²) in [4.78, 5) is 11.6. The molecule has 4 nitrogen and oxygen atoms in total. The lowest BCUT2D eigenvalue weighted by molar-refractivity contribution is 0.0692. The van der Waals surface area contributed by atoms with Crippen LogP contribution in [0.2, 0.25) is 5.02 Å². The molecule has 0 aliphatic carbocycles. The van der Waals surface area contributed by atoms with Crippen LogP contribution in [-0.2, 0) is 0 Å². The maximum atomic E-state index is 11.6. The Morgan fingerprint density at radius 2 is 2.12 bits per heavy atom. The fourth-order valence-electron chi connectivity index (χ4n) is 2.84. The van der Waals surface area contributed by atoms with Crippen LogP contribution in [0.15, 0.2) is 17.7 Å². The van der Waals surface area contributed by atoms with Crippen LogP contribution in [0.5, 0.6) is 11.5 Å². The first kappa shape index (κ1) is 18.4. The second kappa shape index (κ2) is 6.89. The summed E-state index contributed by atoms with van der Waals surface area (Å²) in [5.41, 5.74) is 1.86. The number of allylic oxidation sites excluding steroid dienone is 2. The second-order valence-corrected chi connectivity index (χ2v) is 6.84. The average molecular weight is 351 g/mol. The summed E-state index contributed by atoms with van der Waals surface area (Å²) >= 11 is 6.41. The van der Waals surface area contributed by atoms with E-state index >= 15 is 0 Å². The van der Waals surface area contributed by atoms with E-state index in [1.165, 1.54) is 12.7 Å². The molecule has 0 fully saturated rings. The Labute approximate surface area is 147 Å². The number of benzene rings is 1. The molecule has 0 radical (unpaired) electrons. The third-order valence-electron chi connectivity index (χ3n) is 4.17. The Morgan fingerprint density at radius 3 is 2.67 bits per heavy atom. The molecule has 0 spiro atoms. The summed E-state index contributed by atoms with van der Waals surface area (Å²) in [7, 11) is 1.45. The molecule has 0 amide bonds. The van der Waals surface area contributed by atoms with Crippen LogP contribution < -0.4 is 9.47 Å². The Morgan fingerprint density at radius 1 is 1.46 bits per heavy atom. The number of methoxy groups -OCH3 is 1. The van der Waals surface area contributed by atoms with Crippen molar-refractivity contribution >= 4 is 23.6 Å². The number of aromatic carboxylic acids is 1. The fraction of sp³-hybridized carbons (Fsp3) is 0.421. The van der Waals surface area contributed by atoms with Gasteiger partial charge in [-0.05, 0) is 58.3 Å². The molecule has 0 saturated heterocycles. The van der Waals surface area contributed by atoms with Gasteiger partial charge >= 0.3 is 5.97 Å². The Hall–Kier alpha value is -1.94. The van der Waals surface area contributed by atoms with E-state index in [0.29, 0.717) is 21.9 Å². The molecule has 1 aliphatic rings. The molecule has 24 heavy (non-hydrogen) atoms. The minimum atomic E-state index is -1.07. The minimum Gasteiger partial charge on any atom is -0.495 e. The molecule has 1 aliphatic heterocycles. The third-order valence-corrected chi connectivity index (χ3v) is 4.62. The summed E-state index contributed by atoms with van der Waals surface area (Å²) in [5, 5.41) is 9.78. The molecule has 0 bridgehead atoms. The molecule has 1 unspecified atom stereocenters. The van der Waals surface area contributed by atoms with Gasteiger partial charge in [0, 0.05) is 0 Å². The first-order valence-corrected chi connectivity index (χ1v) is 8.23. The highest BCUT2D eigenvalue weighted by molar-refractivity contribution is 6.34. The molecule has 1 N–H and O–H groups in total. The molecular weight excluding hydrogens is 328 g/mol. The maximum Gasteiger partial charge on any atom is 0.339 e. The molecule has 0 saturated carbocycles. The first-order chi connectivity index (χ1) is 11.2. The quantitative estimate of drug-likeness (QED) is 0.735. The van der Waals surface area contributed by atoms with Crippen molar-refractivity contribution in [3.05, 3.63) is 39.4 Å². The van der Waals surface area contributed by atoms with Gasteiger partial charge in [-0.3, -0.25) is 0 Å². The van der Waals surface area contributed by atoms with Gasteiger partial charge in [0.1, 0.15) is 22.7 Å². The number of halogens is 1. The van der Waals surface area contributed by atoms with E-state index in [4.69, 9.17) is 21.1 Å². The lowest BCUT2D eigenvalue weighted by Crippen LogP contribution is -2.32. The van der Waals surface area contributed by atoms with Crippen LogP contribution in [0.25, 0.3) is 6.08 Å². The predicted octanol–water partition coefficient (Wildman–Crippen LogP) is 5.27. The van der Waals surface area contributed by atoms with Gasteiger partial charge in [0.05, 0.1) is 17.7 Å². The van der Waals surface area contributed by atoms with Crippen molar-refractivity contribution < 1.29 is 19.4 Å². The normalized spacial score (nSPS) is 18.6. The van der Waals surface area contributed by atoms with Gasteiger partial charge in [-0.2, -0.15) is 0 Å². The lowest BCUT2D eigenvalue weighted by Gasteiger charge is -2.33. The summed E-state index contributed by atoms with van der Waals surface area (Å²) < 4.78 is 11.5. The molecule has 0 aromatic heterocycles. The van der Waals surface area contributed by atoms with Crippen molar-refractivity contribution in [3.8, 4) is 11.5 Å². The second-order valence-electron chi connectivity index (χ2n) is 6.46. The van der Waals surface area contributed by atoms with Crippen LogP contribution >= 0.6 is 11.6 Å². The first-order valence-electron chi connectivity index (χ1n) is 7.85. The van der Waals surface area contributed by atoms with Crippen molar-refractivity contribution in [2.45, 2.75) is 46.1 Å². The van der Waals surface area contributed by atoms with Crippen LogP contribution in [0.3, 0.4) is 0 Å². The maximum absolute atomic E-state index is 11.6. The van der Waals surface area contributed by atoms with E-state index in [0.717, 1.165) is 12.8 Å². The standard InChI is InChI=1S/C19H23ClO4/c1-11(2)7-6-9-19(4)10-8-13-16(23-5)14(18(21)22)12(3)15(20)17(13)24-19/h7-8,10H,6,9H2,1-5H3,(H,21,22). The van der Waals surface area contributed by atoms with Crippen LogP contribution in [-0.4, -0.2) is 23.8 Å². The van der Waals surface area contributed by atoms with Crippen molar-refractivity contribution in [2.75, 3.05) is 7.11 Å². The number of carbonyl (C=O) groups is 1. The van der Waals surface area contributed by atoms with Gasteiger partial charge in [-0.1, -0.05) is 23.3 Å². The highest BCUT2D eigenvalue weighted by Gasteiger charge is 2.33. The number of rotatable bonds is 5. The van der Waals surface area contributed by atoms with E-state index in [-0.39, 0.29) is 11.3 Å². The molecule has 1 atom stereocenters. The molecule has 130 valence electrons. The van der Waals surface area contributed by atoms with Gasteiger partial charge in [0.25, 0.3) is 0 Å². The third kappa shape index (κ3) is 3.44. The van der Waals surface area contributed by atoms with Gasteiger partial charge in [-0.25, -0.2) is 4.79 Å². The topological polar surface area (TPSA) is 55.8 Å². The van der Waals surface area contributed by atoms with Crippen LogP contribution in [0.1, 0.15) is 55.1 Å². The monoisotopic (exact) mass is 350 g/mol. The highest BCUT2D eigenvalue weighted by Crippen LogP contribution is 2.47. The summed E-state index contributed by atoms with van der Waals surface area (Å²) in [6.45, 7) is 7.78. The zero-order valence-corrected chi connectivity index (χ0v) is 15.5. The number of fused-ring (bicyclic) bond motifs is 1. The molecule has 1 aromatic carbocycles. The molecule has 1 heterocycles. The Balaban J connectivity index is 2.49. The Bertz CT molecular complexity index is 730. The number of hydrogen-bond donors (Lipinski definition) is 1.